The fraction of sp³-hybridized carbons (Fsp3) is 0.261. The summed E-state index contributed by atoms with van der Waals surface area (Å²) in [5.74, 6) is 0.541. The summed E-state index contributed by atoms with van der Waals surface area (Å²) >= 11 is 1.47. The molecule has 5 heteroatoms. The summed E-state index contributed by atoms with van der Waals surface area (Å²) in [7, 11) is 0. The van der Waals surface area contributed by atoms with E-state index in [1.807, 2.05) is 54.6 Å². The molecule has 0 spiro atoms. The number of unbranched alkanes of at least 4 members (excludes halogenated alkanes) is 1. The van der Waals surface area contributed by atoms with Crippen molar-refractivity contribution in [1.82, 2.24) is 4.98 Å². The van der Waals surface area contributed by atoms with Crippen molar-refractivity contribution in [3.8, 4) is 6.07 Å². The van der Waals surface area contributed by atoms with Gasteiger partial charge in [-0.05, 0) is 36.4 Å². The maximum Gasteiger partial charge on any atom is 0.225 e. The van der Waals surface area contributed by atoms with Crippen molar-refractivity contribution in [1.29, 1.82) is 5.26 Å². The lowest BCUT2D eigenvalue weighted by molar-refractivity contribution is -0.115. The molecule has 142 valence electrons. The van der Waals surface area contributed by atoms with Gasteiger partial charge in [0, 0.05) is 28.9 Å². The monoisotopic (exact) mass is 389 g/mol. The van der Waals surface area contributed by atoms with E-state index in [0.717, 1.165) is 41.4 Å². The average molecular weight is 390 g/mol. The van der Waals surface area contributed by atoms with Crippen molar-refractivity contribution >= 4 is 34.1 Å². The summed E-state index contributed by atoms with van der Waals surface area (Å²) in [4.78, 5) is 17.0. The van der Waals surface area contributed by atoms with Crippen molar-refractivity contribution in [2.45, 2.75) is 37.6 Å². The van der Waals surface area contributed by atoms with Crippen LogP contribution in [0.1, 0.15) is 37.4 Å². The predicted molar refractivity (Wildman–Crippen MR) is 115 cm³/mol. The third-order valence-electron chi connectivity index (χ3n) is 4.46. The van der Waals surface area contributed by atoms with Crippen molar-refractivity contribution in [2.75, 3.05) is 11.1 Å². The van der Waals surface area contributed by atoms with Crippen molar-refractivity contribution in [3.05, 3.63) is 65.9 Å². The molecule has 1 aromatic heterocycles. The number of anilines is 1. The number of carbonyl (C=O) groups excluding carboxylic acids is 1. The fourth-order valence-electron chi connectivity index (χ4n) is 2.96. The van der Waals surface area contributed by atoms with Gasteiger partial charge in [-0.1, -0.05) is 49.7 Å². The zero-order valence-electron chi connectivity index (χ0n) is 15.9. The second-order valence-electron chi connectivity index (χ2n) is 6.54. The number of aromatic nitrogens is 1. The highest BCUT2D eigenvalue weighted by Gasteiger charge is 2.10. The third-order valence-corrected chi connectivity index (χ3v) is 5.45. The Hall–Kier alpha value is -2.84. The summed E-state index contributed by atoms with van der Waals surface area (Å²) in [6.07, 6.45) is 3.46. The van der Waals surface area contributed by atoms with Crippen LogP contribution in [0.3, 0.4) is 0 Å². The number of hydrogen-bond donors (Lipinski definition) is 1. The number of rotatable bonds is 8. The first-order chi connectivity index (χ1) is 13.7. The molecule has 1 heterocycles. The second-order valence-corrected chi connectivity index (χ2v) is 7.63. The van der Waals surface area contributed by atoms with Crippen LogP contribution in [0.25, 0.3) is 10.8 Å². The Labute approximate surface area is 170 Å². The topological polar surface area (TPSA) is 65.8 Å². The van der Waals surface area contributed by atoms with E-state index in [-0.39, 0.29) is 5.91 Å². The van der Waals surface area contributed by atoms with E-state index in [0.29, 0.717) is 22.8 Å². The van der Waals surface area contributed by atoms with E-state index < -0.39 is 0 Å². The van der Waals surface area contributed by atoms with Crippen molar-refractivity contribution < 1.29 is 4.79 Å². The van der Waals surface area contributed by atoms with Crippen LogP contribution in [-0.4, -0.2) is 16.6 Å². The lowest BCUT2D eigenvalue weighted by Crippen LogP contribution is -2.12. The Morgan fingerprint density at radius 3 is 2.79 bits per heavy atom. The summed E-state index contributed by atoms with van der Waals surface area (Å²) in [6.45, 7) is 2.15. The van der Waals surface area contributed by atoms with E-state index in [9.17, 15) is 10.1 Å². The van der Waals surface area contributed by atoms with Gasteiger partial charge < -0.3 is 5.32 Å². The molecular formula is C23H23N3OS. The van der Waals surface area contributed by atoms with E-state index in [1.165, 1.54) is 11.8 Å². The van der Waals surface area contributed by atoms with Gasteiger partial charge in [-0.15, -0.1) is 11.8 Å². The lowest BCUT2D eigenvalue weighted by Gasteiger charge is -2.09. The zero-order chi connectivity index (χ0) is 19.8. The van der Waals surface area contributed by atoms with Crippen LogP contribution in [0.2, 0.25) is 0 Å². The molecule has 1 amide bonds. The number of carbonyl (C=O) groups is 1. The Morgan fingerprint density at radius 1 is 1.14 bits per heavy atom. The molecule has 2 aromatic carbocycles. The van der Waals surface area contributed by atoms with Gasteiger partial charge in [-0.3, -0.25) is 4.79 Å². The molecular weight excluding hydrogens is 366 g/mol. The summed E-state index contributed by atoms with van der Waals surface area (Å²) in [5, 5.41) is 15.2. The summed E-state index contributed by atoms with van der Waals surface area (Å²) in [5.41, 5.74) is 2.40. The minimum atomic E-state index is -0.0375. The Balaban J connectivity index is 1.60. The molecule has 0 saturated carbocycles. The molecule has 3 aromatic rings. The van der Waals surface area contributed by atoms with Gasteiger partial charge in [0.15, 0.2) is 0 Å². The maximum absolute atomic E-state index is 12.4. The molecule has 0 aliphatic rings. The van der Waals surface area contributed by atoms with Gasteiger partial charge in [-0.25, -0.2) is 4.98 Å². The van der Waals surface area contributed by atoms with Crippen LogP contribution in [0.15, 0.2) is 59.6 Å². The standard InChI is InChI=1S/C23H23N3OS/c1-2-3-9-19-13-12-18(16-24)23(25-19)28-15-14-22(27)26-21-11-6-8-17-7-4-5-10-20(17)21/h4-8,10-13H,2-3,9,14-15H2,1H3,(H,26,27). The van der Waals surface area contributed by atoms with E-state index in [1.54, 1.807) is 0 Å². The van der Waals surface area contributed by atoms with Crippen molar-refractivity contribution in [3.63, 3.8) is 0 Å². The minimum Gasteiger partial charge on any atom is -0.325 e. The Kier molecular flexibility index (Phi) is 7.05. The number of nitriles is 1. The van der Waals surface area contributed by atoms with Gasteiger partial charge in [0.2, 0.25) is 5.91 Å². The quantitative estimate of drug-likeness (QED) is 0.512. The summed E-state index contributed by atoms with van der Waals surface area (Å²) in [6, 6.07) is 19.8. The number of benzene rings is 2. The molecule has 0 saturated heterocycles. The molecule has 0 radical (unpaired) electrons. The Morgan fingerprint density at radius 2 is 1.96 bits per heavy atom. The highest BCUT2D eigenvalue weighted by atomic mass is 32.2. The zero-order valence-corrected chi connectivity index (χ0v) is 16.8. The van der Waals surface area contributed by atoms with Gasteiger partial charge in [0.05, 0.1) is 5.56 Å². The van der Waals surface area contributed by atoms with Crippen LogP contribution in [0, 0.1) is 11.3 Å². The van der Waals surface area contributed by atoms with E-state index in [2.05, 4.69) is 23.3 Å². The number of hydrogen-bond acceptors (Lipinski definition) is 4. The first-order valence-corrected chi connectivity index (χ1v) is 10.5. The van der Waals surface area contributed by atoms with Gasteiger partial charge in [0.1, 0.15) is 11.1 Å². The molecule has 1 N–H and O–H groups in total. The fourth-order valence-corrected chi connectivity index (χ4v) is 3.89. The number of nitrogens with zero attached hydrogens (tertiary/aromatic N) is 2. The molecule has 0 aliphatic carbocycles. The number of nitrogens with one attached hydrogen (secondary N) is 1. The molecule has 0 unspecified atom stereocenters. The molecule has 4 nitrogen and oxygen atoms in total. The van der Waals surface area contributed by atoms with Crippen LogP contribution < -0.4 is 5.32 Å². The van der Waals surface area contributed by atoms with Gasteiger partial charge >= 0.3 is 0 Å². The van der Waals surface area contributed by atoms with Crippen LogP contribution in [0.4, 0.5) is 5.69 Å². The van der Waals surface area contributed by atoms with E-state index in [4.69, 9.17) is 0 Å². The first-order valence-electron chi connectivity index (χ1n) is 9.51. The highest BCUT2D eigenvalue weighted by Crippen LogP contribution is 2.24. The first kappa shape index (κ1) is 19.9. The second kappa shape index (κ2) is 9.91. The SMILES string of the molecule is CCCCc1ccc(C#N)c(SCCC(=O)Nc2cccc3ccccc23)n1. The molecule has 3 rings (SSSR count). The number of thioether (sulfide) groups is 1. The van der Waals surface area contributed by atoms with Crippen LogP contribution in [0.5, 0.6) is 0 Å². The van der Waals surface area contributed by atoms with Gasteiger partial charge in [-0.2, -0.15) is 5.26 Å². The predicted octanol–water partition coefficient (Wildman–Crippen LogP) is 5.57. The number of pyridine rings is 1. The normalized spacial score (nSPS) is 10.6. The maximum atomic E-state index is 12.4. The van der Waals surface area contributed by atoms with Gasteiger partial charge in [0.25, 0.3) is 0 Å². The molecule has 0 atom stereocenters. The largest absolute Gasteiger partial charge is 0.325 e. The smallest absolute Gasteiger partial charge is 0.225 e. The van der Waals surface area contributed by atoms with Crippen LogP contribution in [-0.2, 0) is 11.2 Å². The third kappa shape index (κ3) is 5.11. The highest BCUT2D eigenvalue weighted by molar-refractivity contribution is 7.99. The number of amides is 1. The Bertz CT molecular complexity index is 1000. The number of fused-ring (bicyclic) bond motifs is 1. The average Bonchev–Trinajstić information content (AvgIpc) is 2.72. The van der Waals surface area contributed by atoms with Crippen molar-refractivity contribution in [2.24, 2.45) is 0 Å². The van der Waals surface area contributed by atoms with E-state index >= 15 is 0 Å². The molecule has 0 aliphatic heterocycles. The summed E-state index contributed by atoms with van der Waals surface area (Å²) < 4.78 is 0. The number of aryl methyl sites for hydroxylation is 1. The molecule has 28 heavy (non-hydrogen) atoms. The van der Waals surface area contributed by atoms with Crippen LogP contribution >= 0.6 is 11.8 Å². The molecule has 0 fully saturated rings. The lowest BCUT2D eigenvalue weighted by atomic mass is 10.1. The minimum absolute atomic E-state index is 0.0375. The molecule has 0 bridgehead atoms.